The molecular formula is C9H13FN2O. The fourth-order valence-electron chi connectivity index (χ4n) is 1.07. The standard InChI is InChI=1S/C9H13FN2O/c1-5(11)9(13)7-4-6(12)2-3-8(7)10/h2-5,9,13H,11-12H2,1H3/t5-,9+/m1/s1. The van der Waals surface area contributed by atoms with E-state index in [-0.39, 0.29) is 5.56 Å². The molecule has 0 spiro atoms. The van der Waals surface area contributed by atoms with Crippen molar-refractivity contribution < 1.29 is 9.50 Å². The zero-order valence-corrected chi connectivity index (χ0v) is 7.37. The quantitative estimate of drug-likeness (QED) is 0.595. The second-order valence-corrected chi connectivity index (χ2v) is 3.08. The molecule has 13 heavy (non-hydrogen) atoms. The predicted octanol–water partition coefficient (Wildman–Crippen LogP) is 0.788. The van der Waals surface area contributed by atoms with Crippen LogP contribution in [0.5, 0.6) is 0 Å². The van der Waals surface area contributed by atoms with Gasteiger partial charge in [0.1, 0.15) is 5.82 Å². The number of anilines is 1. The molecular weight excluding hydrogens is 171 g/mol. The summed E-state index contributed by atoms with van der Waals surface area (Å²) in [5.41, 5.74) is 11.4. The Hall–Kier alpha value is -1.13. The molecule has 0 aliphatic rings. The highest BCUT2D eigenvalue weighted by molar-refractivity contribution is 5.42. The van der Waals surface area contributed by atoms with Crippen LogP contribution in [0.4, 0.5) is 10.1 Å². The van der Waals surface area contributed by atoms with Gasteiger partial charge in [-0.05, 0) is 25.1 Å². The van der Waals surface area contributed by atoms with E-state index in [2.05, 4.69) is 0 Å². The van der Waals surface area contributed by atoms with Gasteiger partial charge in [-0.25, -0.2) is 4.39 Å². The Morgan fingerprint density at radius 2 is 2.08 bits per heavy atom. The first kappa shape index (κ1) is 9.95. The SMILES string of the molecule is C[C@@H](N)[C@H](O)c1cc(N)ccc1F. The lowest BCUT2D eigenvalue weighted by Gasteiger charge is -2.15. The van der Waals surface area contributed by atoms with Crippen molar-refractivity contribution in [2.75, 3.05) is 5.73 Å². The van der Waals surface area contributed by atoms with Crippen LogP contribution in [0.1, 0.15) is 18.6 Å². The summed E-state index contributed by atoms with van der Waals surface area (Å²) < 4.78 is 13.1. The fraction of sp³-hybridized carbons (Fsp3) is 0.333. The molecule has 2 atom stereocenters. The average Bonchev–Trinajstić information content (AvgIpc) is 2.08. The van der Waals surface area contributed by atoms with Crippen molar-refractivity contribution in [3.05, 3.63) is 29.6 Å². The van der Waals surface area contributed by atoms with Gasteiger partial charge < -0.3 is 16.6 Å². The van der Waals surface area contributed by atoms with Crippen LogP contribution in [-0.4, -0.2) is 11.1 Å². The average molecular weight is 184 g/mol. The first-order valence-corrected chi connectivity index (χ1v) is 4.01. The molecule has 0 amide bonds. The molecule has 0 bridgehead atoms. The van der Waals surface area contributed by atoms with E-state index < -0.39 is 18.0 Å². The summed E-state index contributed by atoms with van der Waals surface area (Å²) in [5, 5.41) is 9.48. The molecule has 0 aliphatic carbocycles. The van der Waals surface area contributed by atoms with Gasteiger partial charge in [0.25, 0.3) is 0 Å². The van der Waals surface area contributed by atoms with Gasteiger partial charge in [0.15, 0.2) is 0 Å². The van der Waals surface area contributed by atoms with Crippen LogP contribution in [0.25, 0.3) is 0 Å². The predicted molar refractivity (Wildman–Crippen MR) is 49.4 cm³/mol. The smallest absolute Gasteiger partial charge is 0.129 e. The topological polar surface area (TPSA) is 72.3 Å². The van der Waals surface area contributed by atoms with E-state index in [1.165, 1.54) is 18.2 Å². The highest BCUT2D eigenvalue weighted by Crippen LogP contribution is 2.21. The third kappa shape index (κ3) is 2.17. The maximum atomic E-state index is 13.1. The second kappa shape index (κ2) is 3.72. The van der Waals surface area contributed by atoms with Gasteiger partial charge in [-0.1, -0.05) is 0 Å². The monoisotopic (exact) mass is 184 g/mol. The highest BCUT2D eigenvalue weighted by Gasteiger charge is 2.16. The second-order valence-electron chi connectivity index (χ2n) is 3.08. The molecule has 0 aliphatic heterocycles. The molecule has 0 fully saturated rings. The summed E-state index contributed by atoms with van der Waals surface area (Å²) in [6.07, 6.45) is -1.01. The van der Waals surface area contributed by atoms with Crippen LogP contribution < -0.4 is 11.5 Å². The highest BCUT2D eigenvalue weighted by atomic mass is 19.1. The van der Waals surface area contributed by atoms with Crippen LogP contribution in [0.2, 0.25) is 0 Å². The van der Waals surface area contributed by atoms with E-state index in [1.807, 2.05) is 0 Å². The summed E-state index contributed by atoms with van der Waals surface area (Å²) in [6.45, 7) is 1.60. The molecule has 1 aromatic carbocycles. The molecule has 0 heterocycles. The maximum Gasteiger partial charge on any atom is 0.129 e. The molecule has 5 N–H and O–H groups in total. The molecule has 1 aromatic rings. The summed E-state index contributed by atoms with van der Waals surface area (Å²) in [6, 6.07) is 3.53. The number of aliphatic hydroxyl groups is 1. The third-order valence-corrected chi connectivity index (χ3v) is 1.84. The Labute approximate surface area is 76.2 Å². The molecule has 3 nitrogen and oxygen atoms in total. The van der Waals surface area contributed by atoms with Gasteiger partial charge in [0, 0.05) is 17.3 Å². The maximum absolute atomic E-state index is 13.1. The molecule has 0 aromatic heterocycles. The lowest BCUT2D eigenvalue weighted by Crippen LogP contribution is -2.25. The summed E-state index contributed by atoms with van der Waals surface area (Å²) in [5.74, 6) is -0.487. The first-order chi connectivity index (χ1) is 6.02. The zero-order chi connectivity index (χ0) is 10.0. The Kier molecular flexibility index (Phi) is 2.85. The van der Waals surface area contributed by atoms with Crippen molar-refractivity contribution >= 4 is 5.69 Å². The van der Waals surface area contributed by atoms with Crippen molar-refractivity contribution in [2.45, 2.75) is 19.1 Å². The number of nitrogen functional groups attached to an aromatic ring is 1. The molecule has 4 heteroatoms. The first-order valence-electron chi connectivity index (χ1n) is 4.01. The van der Waals surface area contributed by atoms with Gasteiger partial charge >= 0.3 is 0 Å². The molecule has 0 radical (unpaired) electrons. The summed E-state index contributed by atoms with van der Waals surface area (Å²) in [7, 11) is 0. The number of hydrogen-bond donors (Lipinski definition) is 3. The van der Waals surface area contributed by atoms with Crippen molar-refractivity contribution in [1.82, 2.24) is 0 Å². The fourth-order valence-corrected chi connectivity index (χ4v) is 1.07. The van der Waals surface area contributed by atoms with Gasteiger partial charge in [-0.15, -0.1) is 0 Å². The minimum atomic E-state index is -1.01. The van der Waals surface area contributed by atoms with E-state index in [4.69, 9.17) is 11.5 Å². The Morgan fingerprint density at radius 1 is 1.46 bits per heavy atom. The van der Waals surface area contributed by atoms with Gasteiger partial charge in [0.05, 0.1) is 6.10 Å². The Balaban J connectivity index is 3.05. The van der Waals surface area contributed by atoms with E-state index in [0.717, 1.165) is 0 Å². The van der Waals surface area contributed by atoms with Crippen LogP contribution in [0, 0.1) is 5.82 Å². The molecule has 0 unspecified atom stereocenters. The third-order valence-electron chi connectivity index (χ3n) is 1.84. The minimum absolute atomic E-state index is 0.148. The van der Waals surface area contributed by atoms with E-state index in [9.17, 15) is 9.50 Å². The minimum Gasteiger partial charge on any atom is -0.399 e. The lowest BCUT2D eigenvalue weighted by atomic mass is 10.0. The molecule has 72 valence electrons. The number of rotatable bonds is 2. The van der Waals surface area contributed by atoms with Crippen LogP contribution in [-0.2, 0) is 0 Å². The van der Waals surface area contributed by atoms with E-state index in [0.29, 0.717) is 5.69 Å². The largest absolute Gasteiger partial charge is 0.399 e. The van der Waals surface area contributed by atoms with Crippen LogP contribution in [0.15, 0.2) is 18.2 Å². The normalized spacial score (nSPS) is 15.4. The summed E-state index contributed by atoms with van der Waals surface area (Å²) >= 11 is 0. The number of aliphatic hydroxyl groups excluding tert-OH is 1. The van der Waals surface area contributed by atoms with Crippen molar-refractivity contribution in [3.63, 3.8) is 0 Å². The molecule has 0 saturated heterocycles. The zero-order valence-electron chi connectivity index (χ0n) is 7.37. The van der Waals surface area contributed by atoms with Gasteiger partial charge in [-0.3, -0.25) is 0 Å². The van der Waals surface area contributed by atoms with Crippen LogP contribution >= 0.6 is 0 Å². The number of hydrogen-bond acceptors (Lipinski definition) is 3. The van der Waals surface area contributed by atoms with Gasteiger partial charge in [0.2, 0.25) is 0 Å². The Morgan fingerprint density at radius 3 is 2.62 bits per heavy atom. The molecule has 0 saturated carbocycles. The lowest BCUT2D eigenvalue weighted by molar-refractivity contribution is 0.149. The Bertz CT molecular complexity index is 302. The van der Waals surface area contributed by atoms with E-state index >= 15 is 0 Å². The number of nitrogens with two attached hydrogens (primary N) is 2. The summed E-state index contributed by atoms with van der Waals surface area (Å²) in [4.78, 5) is 0. The van der Waals surface area contributed by atoms with Crippen molar-refractivity contribution in [2.24, 2.45) is 5.73 Å². The number of halogens is 1. The van der Waals surface area contributed by atoms with Crippen LogP contribution in [0.3, 0.4) is 0 Å². The van der Waals surface area contributed by atoms with Crippen molar-refractivity contribution in [3.8, 4) is 0 Å². The molecule has 1 rings (SSSR count). The number of benzene rings is 1. The van der Waals surface area contributed by atoms with E-state index in [1.54, 1.807) is 6.92 Å². The van der Waals surface area contributed by atoms with Gasteiger partial charge in [-0.2, -0.15) is 0 Å². The van der Waals surface area contributed by atoms with Crippen molar-refractivity contribution in [1.29, 1.82) is 0 Å².